The lowest BCUT2D eigenvalue weighted by Crippen LogP contribution is -2.37. The zero-order chi connectivity index (χ0) is 9.65. The van der Waals surface area contributed by atoms with E-state index in [0.717, 1.165) is 4.68 Å². The van der Waals surface area contributed by atoms with Gasteiger partial charge in [0.05, 0.1) is 7.05 Å². The predicted molar refractivity (Wildman–Crippen MR) is 36.1 cm³/mol. The van der Waals surface area contributed by atoms with E-state index in [0.29, 0.717) is 0 Å². The number of hydrazine groups is 1. The van der Waals surface area contributed by atoms with Crippen LogP contribution in [0.1, 0.15) is 0 Å². The third kappa shape index (κ3) is 49.8. The number of nitrogens with zero attached hydrogens (tertiary/aromatic N) is 1. The molecule has 0 aromatic carbocycles. The van der Waals surface area contributed by atoms with E-state index in [4.69, 9.17) is 34.8 Å². The van der Waals surface area contributed by atoms with Crippen molar-refractivity contribution in [3.05, 3.63) is 0 Å². The van der Waals surface area contributed by atoms with Crippen LogP contribution in [0.5, 0.6) is 0 Å². The largest absolute Gasteiger partial charge is 0.726 e. The first kappa shape index (κ1) is 12.6. The average molecular weight is 186 g/mol. The fourth-order valence-electron chi connectivity index (χ4n) is 0. The van der Waals surface area contributed by atoms with Gasteiger partial charge in [-0.3, -0.25) is 21.9 Å². The van der Waals surface area contributed by atoms with E-state index in [2.05, 4.69) is 0 Å². The van der Waals surface area contributed by atoms with E-state index < -0.39 is 10.4 Å². The van der Waals surface area contributed by atoms with E-state index in [1.807, 2.05) is 0 Å². The molecular formula is C2H10N4O4S. The van der Waals surface area contributed by atoms with Gasteiger partial charge in [-0.05, 0) is 0 Å². The summed E-state index contributed by atoms with van der Waals surface area (Å²) in [5.74, 6) is 5.10. The monoisotopic (exact) mass is 186 g/mol. The van der Waals surface area contributed by atoms with Crippen LogP contribution < -0.4 is 17.3 Å². The molecule has 68 valence electrons. The van der Waals surface area contributed by atoms with Crippen LogP contribution in [0.4, 0.5) is 0 Å². The fourth-order valence-corrected chi connectivity index (χ4v) is 0. The Morgan fingerprint density at radius 3 is 1.64 bits per heavy atom. The zero-order valence-electron chi connectivity index (χ0n) is 5.76. The first-order valence-electron chi connectivity index (χ1n) is 2.19. The van der Waals surface area contributed by atoms with Crippen LogP contribution in [0.25, 0.3) is 0 Å². The molecule has 0 rings (SSSR count). The molecule has 0 atom stereocenters. The van der Waals surface area contributed by atoms with Crippen LogP contribution in [-0.4, -0.2) is 35.2 Å². The van der Waals surface area contributed by atoms with E-state index in [1.165, 1.54) is 0 Å². The van der Waals surface area contributed by atoms with E-state index in [9.17, 15) is 0 Å². The van der Waals surface area contributed by atoms with Gasteiger partial charge in [0.2, 0.25) is 10.4 Å². The van der Waals surface area contributed by atoms with Crippen molar-refractivity contribution in [1.82, 2.24) is 0 Å². The van der Waals surface area contributed by atoms with Gasteiger partial charge in [0.15, 0.2) is 0 Å². The summed E-state index contributed by atoms with van der Waals surface area (Å²) in [5.41, 5.74) is 9.86. The number of nitrogens with two attached hydrogens (primary N) is 3. The highest BCUT2D eigenvalue weighted by molar-refractivity contribution is 7.79. The minimum atomic E-state index is -4.92. The van der Waals surface area contributed by atoms with E-state index in [1.54, 1.807) is 7.05 Å². The number of rotatable bonds is 0. The second kappa shape index (κ2) is 4.71. The summed E-state index contributed by atoms with van der Waals surface area (Å²) in [5, 5.41) is 0. The third-order valence-electron chi connectivity index (χ3n) is 0.407. The molecule has 0 aromatic heterocycles. The molecule has 0 saturated carbocycles. The van der Waals surface area contributed by atoms with Crippen LogP contribution >= 0.6 is 0 Å². The molecule has 0 aliphatic heterocycles. The summed E-state index contributed by atoms with van der Waals surface area (Å²) in [6, 6.07) is 0. The van der Waals surface area contributed by atoms with Crippen LogP contribution in [0.15, 0.2) is 0 Å². The third-order valence-corrected chi connectivity index (χ3v) is 0.407. The van der Waals surface area contributed by atoms with E-state index >= 15 is 0 Å². The van der Waals surface area contributed by atoms with E-state index in [-0.39, 0.29) is 5.96 Å². The molecule has 0 fully saturated rings. The zero-order valence-corrected chi connectivity index (χ0v) is 6.58. The molecule has 0 aliphatic rings. The van der Waals surface area contributed by atoms with Crippen LogP contribution in [-0.2, 0) is 10.4 Å². The number of hydrogen-bond acceptors (Lipinski definition) is 4. The Morgan fingerprint density at radius 1 is 1.55 bits per heavy atom. The van der Waals surface area contributed by atoms with Crippen molar-refractivity contribution in [2.75, 3.05) is 7.05 Å². The Bertz CT molecular complexity index is 204. The lowest BCUT2D eigenvalue weighted by Gasteiger charge is -1.88. The number of hydrazone groups is 1. The maximum Gasteiger partial charge on any atom is 0.362 e. The topological polar surface area (TPSA) is 158 Å². The molecule has 7 N–H and O–H groups in total. The summed E-state index contributed by atoms with van der Waals surface area (Å²) in [4.78, 5) is 0. The van der Waals surface area contributed by atoms with Gasteiger partial charge >= 0.3 is 5.96 Å². The minimum Gasteiger partial charge on any atom is -0.726 e. The SMILES string of the molecule is C[N+](N)=C(N)N.O=S(=O)([O-])O. The molecule has 0 radical (unpaired) electrons. The highest BCUT2D eigenvalue weighted by atomic mass is 32.3. The van der Waals surface area contributed by atoms with Crippen LogP contribution in [0.3, 0.4) is 0 Å². The lowest BCUT2D eigenvalue weighted by molar-refractivity contribution is -0.510. The van der Waals surface area contributed by atoms with Crippen molar-refractivity contribution in [3.63, 3.8) is 0 Å². The normalized spacial score (nSPS) is 9.36. The Balaban J connectivity index is 0. The first-order chi connectivity index (χ1) is 4.64. The Kier molecular flexibility index (Phi) is 5.39. The summed E-state index contributed by atoms with van der Waals surface area (Å²) in [6.45, 7) is 0. The van der Waals surface area contributed by atoms with Crippen molar-refractivity contribution >= 4 is 16.4 Å². The van der Waals surface area contributed by atoms with Gasteiger partial charge in [0.1, 0.15) is 0 Å². The molecule has 0 heterocycles. The first-order valence-corrected chi connectivity index (χ1v) is 3.55. The lowest BCUT2D eigenvalue weighted by atomic mass is 11.0. The maximum absolute atomic E-state index is 8.63. The van der Waals surface area contributed by atoms with Gasteiger partial charge < -0.3 is 4.55 Å². The predicted octanol–water partition coefficient (Wildman–Crippen LogP) is -3.22. The molecule has 0 saturated heterocycles. The quantitative estimate of drug-likeness (QED) is 0.0588. The summed E-state index contributed by atoms with van der Waals surface area (Å²) < 4.78 is 34.0. The van der Waals surface area contributed by atoms with Gasteiger partial charge in [-0.15, -0.1) is 0 Å². The van der Waals surface area contributed by atoms with Crippen LogP contribution in [0, 0.1) is 0 Å². The highest BCUT2D eigenvalue weighted by Gasteiger charge is 1.83. The summed E-state index contributed by atoms with van der Waals surface area (Å²) in [6.07, 6.45) is 0. The van der Waals surface area contributed by atoms with Crippen molar-refractivity contribution in [3.8, 4) is 0 Å². The van der Waals surface area contributed by atoms with Crippen molar-refractivity contribution in [2.24, 2.45) is 17.3 Å². The molecule has 0 bridgehead atoms. The standard InChI is InChI=1S/C2H8N4.H2O4S/c1-6(5)2(3)4;1-5(2,3)4/h5H2,1H3,(H3,3,4);(H2,1,2,3,4). The van der Waals surface area contributed by atoms with Crippen molar-refractivity contribution in [1.29, 1.82) is 0 Å². The second-order valence-corrected chi connectivity index (χ2v) is 2.32. The van der Waals surface area contributed by atoms with Gasteiger partial charge in [-0.1, -0.05) is 0 Å². The van der Waals surface area contributed by atoms with Gasteiger partial charge in [0.25, 0.3) is 0 Å². The molecule has 8 nitrogen and oxygen atoms in total. The molecular weight excluding hydrogens is 176 g/mol. The van der Waals surface area contributed by atoms with Crippen LogP contribution in [0.2, 0.25) is 0 Å². The fraction of sp³-hybridized carbons (Fsp3) is 0.500. The Labute approximate surface area is 63.8 Å². The molecule has 9 heteroatoms. The molecule has 0 unspecified atom stereocenters. The Hall–Kier alpha value is -1.06. The summed E-state index contributed by atoms with van der Waals surface area (Å²) in [7, 11) is -3.35. The summed E-state index contributed by atoms with van der Waals surface area (Å²) >= 11 is 0. The molecule has 11 heavy (non-hydrogen) atoms. The highest BCUT2D eigenvalue weighted by Crippen LogP contribution is 1.58. The average Bonchev–Trinajstić information content (AvgIpc) is 1.59. The van der Waals surface area contributed by atoms with Gasteiger partial charge in [0, 0.05) is 0 Å². The number of hydrogen-bond donors (Lipinski definition) is 4. The molecule has 0 aromatic rings. The molecule has 0 aliphatic carbocycles. The van der Waals surface area contributed by atoms with Crippen molar-refractivity contribution < 1.29 is 22.2 Å². The van der Waals surface area contributed by atoms with Gasteiger partial charge in [-0.2, -0.15) is 4.68 Å². The van der Waals surface area contributed by atoms with Crippen molar-refractivity contribution in [2.45, 2.75) is 0 Å². The maximum atomic E-state index is 8.63. The smallest absolute Gasteiger partial charge is 0.362 e. The molecule has 0 spiro atoms. The number of guanidine groups is 1. The second-order valence-electron chi connectivity index (χ2n) is 1.46. The Morgan fingerprint density at radius 2 is 1.64 bits per heavy atom. The minimum absolute atomic E-state index is 0.120. The molecule has 0 amide bonds. The van der Waals surface area contributed by atoms with Gasteiger partial charge in [-0.25, -0.2) is 8.42 Å².